The fourth-order valence-electron chi connectivity index (χ4n) is 4.84. The Morgan fingerprint density at radius 1 is 0.283 bits per heavy atom. The third-order valence-electron chi connectivity index (χ3n) is 8.23. The van der Waals surface area contributed by atoms with Crippen LogP contribution in [0.15, 0.2) is 127 Å². The molecule has 0 N–H and O–H groups in total. The number of rotatable bonds is 9. The Morgan fingerprint density at radius 2 is 0.491 bits per heavy atom. The summed E-state index contributed by atoms with van der Waals surface area (Å²) < 4.78 is 14.2. The summed E-state index contributed by atoms with van der Waals surface area (Å²) in [5.74, 6) is 0. The zero-order valence-corrected chi connectivity index (χ0v) is 53.6. The molecule has 5 aromatic carbocycles. The number of halogens is 3. The molecule has 7 heteroatoms. The second-order valence-electron chi connectivity index (χ2n) is 16.7. The molecule has 0 amide bonds. The van der Waals surface area contributed by atoms with Crippen LogP contribution in [0.25, 0.3) is 0 Å². The summed E-state index contributed by atoms with van der Waals surface area (Å²) in [4.78, 5) is 32.0. The molecule has 0 aromatic heterocycles. The zero-order chi connectivity index (χ0) is 37.2. The van der Waals surface area contributed by atoms with Gasteiger partial charge in [-0.2, -0.15) is 0 Å². The van der Waals surface area contributed by atoms with E-state index in [2.05, 4.69) is 192 Å². The van der Waals surface area contributed by atoms with Crippen LogP contribution in [0.2, 0.25) is 59.3 Å². The molecule has 0 spiro atoms. The van der Waals surface area contributed by atoms with Gasteiger partial charge in [-0.25, -0.2) is 0 Å². The van der Waals surface area contributed by atoms with Crippen molar-refractivity contribution in [2.45, 2.75) is 59.3 Å². The first kappa shape index (κ1) is 54.5. The fourth-order valence-corrected chi connectivity index (χ4v) is 23.6. The first-order valence-corrected chi connectivity index (χ1v) is 65.0. The maximum atomic E-state index is 2.48. The Kier molecular flexibility index (Phi) is 25.9. The van der Waals surface area contributed by atoms with Crippen LogP contribution >= 0.6 is 0 Å². The van der Waals surface area contributed by atoms with Gasteiger partial charge >= 0.3 is 361 Å². The maximum absolute atomic E-state index is 2.48. The van der Waals surface area contributed by atoms with Gasteiger partial charge in [-0.05, 0) is 0 Å². The van der Waals surface area contributed by atoms with Crippen molar-refractivity contribution < 1.29 is 63.6 Å². The summed E-state index contributed by atoms with van der Waals surface area (Å²) in [6, 6.07) is 48.7. The van der Waals surface area contributed by atoms with Crippen LogP contribution in [-0.4, -0.2) is 78.4 Å². The first-order valence-electron chi connectivity index (χ1n) is 17.5. The van der Waals surface area contributed by atoms with Crippen LogP contribution in [-0.2, 0) is 0 Å². The number of benzene rings is 5. The van der Waals surface area contributed by atoms with Gasteiger partial charge in [0.05, 0.1) is 0 Å². The average Bonchev–Trinajstić information content (AvgIpc) is 3.05. The molecule has 0 saturated carbocycles. The topological polar surface area (TPSA) is 0 Å². The van der Waals surface area contributed by atoms with E-state index < -0.39 is 73.5 Å². The van der Waals surface area contributed by atoms with Crippen LogP contribution < -0.4 is 77.9 Å². The summed E-state index contributed by atoms with van der Waals surface area (Å²) in [5, 5.41) is 0. The van der Waals surface area contributed by atoms with E-state index >= 15 is 0 Å². The Hall–Kier alpha value is 1.48. The van der Waals surface area contributed by atoms with Crippen molar-refractivity contribution in [3.8, 4) is 0 Å². The quantitative estimate of drug-likeness (QED) is 0.0916. The number of hydrogen-bond acceptors (Lipinski definition) is 0. The number of hydrogen-bond donors (Lipinski definition) is 0. The first-order chi connectivity index (χ1) is 23.3. The molecule has 0 atom stereocenters. The molecule has 0 radical (unpaired) electrons. The molecule has 0 aliphatic rings. The van der Waals surface area contributed by atoms with E-state index in [1.807, 2.05) is 0 Å². The molecule has 53 heavy (non-hydrogen) atoms. The van der Waals surface area contributed by atoms with E-state index in [0.717, 1.165) is 0 Å². The Morgan fingerprint density at radius 3 is 0.698 bits per heavy atom. The van der Waals surface area contributed by atoms with Gasteiger partial charge in [0.2, 0.25) is 0 Å². The minimum atomic E-state index is -1.88. The Balaban J connectivity index is 0.000000770. The summed E-state index contributed by atoms with van der Waals surface area (Å²) in [5.41, 5.74) is 0. The molecule has 290 valence electrons. The van der Waals surface area contributed by atoms with Gasteiger partial charge in [-0.3, -0.25) is 0 Å². The van der Waals surface area contributed by atoms with Crippen molar-refractivity contribution in [3.63, 3.8) is 0 Å². The van der Waals surface area contributed by atoms with Gasteiger partial charge < -0.3 is 22.3 Å². The molecular weight excluding hydrogens is 1410 g/mol. The van der Waals surface area contributed by atoms with Crippen molar-refractivity contribution in [3.05, 3.63) is 168 Å². The van der Waals surface area contributed by atoms with Crippen molar-refractivity contribution >= 4 is 87.8 Å². The molecule has 0 unspecified atom stereocenters. The van der Waals surface area contributed by atoms with Crippen molar-refractivity contribution in [2.24, 2.45) is 0 Å². The average molecular weight is 1480 g/mol. The standard InChI is InChI=1S/C12H9I.C12H8I.C7H7I.15CH3.4Sn/c2*1-3-7-11(8-4-1)13-12-9-5-2-6-10-12;1-8-7-5-3-2-4-6-7;;;;;;;;;;;;;;;;;;;/h1,3-10H;3-10H;3-6H,1H3;15*1H3;;;;/q3*+1;;;;;;;;;;;;;3*-1;;;;. The normalized spacial score (nSPS) is 11.3. The van der Waals surface area contributed by atoms with Gasteiger partial charge in [-0.15, -0.1) is 0 Å². The van der Waals surface area contributed by atoms with Crippen LogP contribution in [0, 0.1) is 40.1 Å². The van der Waals surface area contributed by atoms with Crippen LogP contribution in [0.4, 0.5) is 0 Å². The van der Waals surface area contributed by atoms with Gasteiger partial charge in [-0.1, -0.05) is 0 Å². The van der Waals surface area contributed by atoms with E-state index in [9.17, 15) is 0 Å². The second-order valence-corrected chi connectivity index (χ2v) is 83.1. The van der Waals surface area contributed by atoms with E-state index in [0.29, 0.717) is 0 Å². The second kappa shape index (κ2) is 25.2. The monoisotopic (exact) mass is 1480 g/mol. The summed E-state index contributed by atoms with van der Waals surface area (Å²) in [6.45, 7) is 0. The third-order valence-corrected chi connectivity index (χ3v) is 39.1. The van der Waals surface area contributed by atoms with Crippen LogP contribution in [0.3, 0.4) is 0 Å². The molecule has 0 heterocycles. The third kappa shape index (κ3) is 20.3. The molecular formula is C46H69I3Sn4. The van der Waals surface area contributed by atoms with E-state index in [-0.39, 0.29) is 85.9 Å². The van der Waals surface area contributed by atoms with Gasteiger partial charge in [0.15, 0.2) is 0 Å². The molecule has 5 rings (SSSR count). The van der Waals surface area contributed by atoms with Crippen molar-refractivity contribution in [1.82, 2.24) is 0 Å². The predicted octanol–water partition coefficient (Wildman–Crippen LogP) is 1.74. The molecule has 0 bridgehead atoms. The molecule has 0 aliphatic carbocycles. The molecule has 0 fully saturated rings. The molecule has 0 aliphatic heterocycles. The molecule has 0 nitrogen and oxygen atoms in total. The Bertz CT molecular complexity index is 1650. The minimum absolute atomic E-state index is 0. The van der Waals surface area contributed by atoms with Crippen molar-refractivity contribution in [1.29, 1.82) is 0 Å². The SMILES string of the molecule is C[I+]c1cc[c]([Sn]([CH3])([CH3])[CH3])cc1.[CH3-].[CH3-].[CH3-].[CH3][Sn]([CH3])([CH3])[c]1ccc([I+]c2cc[c]([Sn]([CH3])([CH3])[CH3])cc2)cc1.[CH3][Sn]([CH3])([CH3])[c]1ccc([I+]c2ccccc2)cc1. The van der Waals surface area contributed by atoms with E-state index in [1.165, 1.54) is 7.14 Å². The Labute approximate surface area is 376 Å². The summed E-state index contributed by atoms with van der Waals surface area (Å²) in [6.07, 6.45) is 0. The van der Waals surface area contributed by atoms with Gasteiger partial charge in [0.25, 0.3) is 0 Å². The summed E-state index contributed by atoms with van der Waals surface area (Å²) >= 11 is -7.09. The zero-order valence-electron chi connectivity index (χ0n) is 35.8. The van der Waals surface area contributed by atoms with E-state index in [4.69, 9.17) is 0 Å². The van der Waals surface area contributed by atoms with Crippen molar-refractivity contribution in [2.75, 3.05) is 4.93 Å². The molecule has 0 saturated heterocycles. The van der Waals surface area contributed by atoms with Crippen LogP contribution in [0.5, 0.6) is 0 Å². The van der Waals surface area contributed by atoms with Gasteiger partial charge in [0, 0.05) is 0 Å². The fraction of sp³-hybridized carbons (Fsp3) is 0.283. The van der Waals surface area contributed by atoms with Crippen LogP contribution in [0.1, 0.15) is 0 Å². The predicted molar refractivity (Wildman–Crippen MR) is 243 cm³/mol. The molecule has 5 aromatic rings. The number of alkyl halides is 1. The van der Waals surface area contributed by atoms with Gasteiger partial charge in [0.1, 0.15) is 0 Å². The summed E-state index contributed by atoms with van der Waals surface area (Å²) in [7, 11) is 0. The van der Waals surface area contributed by atoms with E-state index in [1.54, 1.807) is 25.0 Å².